The number of carbonyl (C=O) groups excluding carboxylic acids is 1. The van der Waals surface area contributed by atoms with E-state index < -0.39 is 0 Å². The highest BCUT2D eigenvalue weighted by Crippen LogP contribution is 2.28. The fraction of sp³-hybridized carbons (Fsp3) is 0.391. The molecule has 1 aliphatic heterocycles. The Bertz CT molecular complexity index is 941. The van der Waals surface area contributed by atoms with Gasteiger partial charge in [-0.05, 0) is 75.5 Å². The lowest BCUT2D eigenvalue weighted by Gasteiger charge is -2.27. The number of benzene rings is 1. The molecule has 1 atom stereocenters. The number of likely N-dealkylation sites (tertiary alicyclic amines) is 1. The zero-order chi connectivity index (χ0) is 20.9. The van der Waals surface area contributed by atoms with Gasteiger partial charge >= 0.3 is 0 Å². The summed E-state index contributed by atoms with van der Waals surface area (Å²) in [4.78, 5) is 16.5. The first-order valence-corrected chi connectivity index (χ1v) is 11.2. The highest BCUT2D eigenvalue weighted by Gasteiger charge is 2.24. The van der Waals surface area contributed by atoms with E-state index in [0.717, 1.165) is 30.1 Å². The van der Waals surface area contributed by atoms with Gasteiger partial charge in [-0.2, -0.15) is 0 Å². The lowest BCUT2D eigenvalue weighted by molar-refractivity contribution is 0.0938. The highest BCUT2D eigenvalue weighted by atomic mass is 32.1. The number of amides is 1. The van der Waals surface area contributed by atoms with Crippen LogP contribution in [0.15, 0.2) is 46.3 Å². The SMILES string of the molecule is Cc1noc(C)c1COc1ccc(C(=O)NC[C@H](c2cccs2)N2CCCC2)cc1. The van der Waals surface area contributed by atoms with E-state index in [2.05, 4.69) is 32.9 Å². The molecule has 0 saturated carbocycles. The van der Waals surface area contributed by atoms with Gasteiger partial charge in [0.25, 0.3) is 5.91 Å². The molecule has 0 bridgehead atoms. The molecule has 2 aromatic heterocycles. The molecule has 0 aliphatic carbocycles. The number of hydrogen-bond acceptors (Lipinski definition) is 6. The van der Waals surface area contributed by atoms with Gasteiger partial charge in [0.15, 0.2) is 0 Å². The second-order valence-corrected chi connectivity index (χ2v) is 8.58. The first kappa shape index (κ1) is 20.6. The molecule has 1 fully saturated rings. The third kappa shape index (κ3) is 4.74. The van der Waals surface area contributed by atoms with Crippen LogP contribution >= 0.6 is 11.3 Å². The average molecular weight is 426 g/mol. The molecule has 1 amide bonds. The van der Waals surface area contributed by atoms with Gasteiger partial charge in [0.2, 0.25) is 0 Å². The number of hydrogen-bond donors (Lipinski definition) is 1. The zero-order valence-corrected chi connectivity index (χ0v) is 18.2. The van der Waals surface area contributed by atoms with Crippen LogP contribution in [0.5, 0.6) is 5.75 Å². The van der Waals surface area contributed by atoms with Crippen LogP contribution < -0.4 is 10.1 Å². The molecule has 0 radical (unpaired) electrons. The van der Waals surface area contributed by atoms with Crippen molar-refractivity contribution in [2.45, 2.75) is 39.3 Å². The van der Waals surface area contributed by atoms with Crippen molar-refractivity contribution in [1.29, 1.82) is 0 Å². The van der Waals surface area contributed by atoms with Crippen molar-refractivity contribution in [3.63, 3.8) is 0 Å². The monoisotopic (exact) mass is 425 g/mol. The van der Waals surface area contributed by atoms with Crippen LogP contribution in [0.1, 0.15) is 51.1 Å². The van der Waals surface area contributed by atoms with Crippen LogP contribution in [-0.4, -0.2) is 35.6 Å². The van der Waals surface area contributed by atoms with E-state index in [-0.39, 0.29) is 11.9 Å². The number of thiophene rings is 1. The van der Waals surface area contributed by atoms with Gasteiger partial charge in [-0.1, -0.05) is 11.2 Å². The lowest BCUT2D eigenvalue weighted by atomic mass is 10.1. The Labute approximate surface area is 180 Å². The van der Waals surface area contributed by atoms with Gasteiger partial charge in [0.1, 0.15) is 18.1 Å². The van der Waals surface area contributed by atoms with E-state index in [1.807, 2.05) is 26.0 Å². The minimum atomic E-state index is -0.0620. The van der Waals surface area contributed by atoms with E-state index in [4.69, 9.17) is 9.26 Å². The van der Waals surface area contributed by atoms with Gasteiger partial charge < -0.3 is 14.6 Å². The van der Waals surface area contributed by atoms with Crippen LogP contribution in [0.2, 0.25) is 0 Å². The molecule has 0 spiro atoms. The standard InChI is InChI=1S/C23H27N3O3S/c1-16-20(17(2)29-25-16)15-28-19-9-7-18(8-10-19)23(27)24-14-21(22-6-5-13-30-22)26-11-3-4-12-26/h5-10,13,21H,3-4,11-12,14-15H2,1-2H3,(H,24,27)/t21-/m1/s1. The summed E-state index contributed by atoms with van der Waals surface area (Å²) in [6.45, 7) is 6.96. The second kappa shape index (κ2) is 9.45. The van der Waals surface area contributed by atoms with E-state index in [1.54, 1.807) is 23.5 Å². The number of ether oxygens (including phenoxy) is 1. The van der Waals surface area contributed by atoms with E-state index in [9.17, 15) is 4.79 Å². The van der Waals surface area contributed by atoms with Crippen LogP contribution in [-0.2, 0) is 6.61 Å². The topological polar surface area (TPSA) is 67.6 Å². The average Bonchev–Trinajstić information content (AvgIpc) is 3.52. The summed E-state index contributed by atoms with van der Waals surface area (Å²) in [5.74, 6) is 1.41. The predicted molar refractivity (Wildman–Crippen MR) is 117 cm³/mol. The van der Waals surface area contributed by atoms with Crippen molar-refractivity contribution in [2.75, 3.05) is 19.6 Å². The quantitative estimate of drug-likeness (QED) is 0.576. The Balaban J connectivity index is 1.34. The Morgan fingerprint density at radius 1 is 1.23 bits per heavy atom. The van der Waals surface area contributed by atoms with E-state index in [1.165, 1.54) is 17.7 Å². The number of nitrogens with zero attached hydrogens (tertiary/aromatic N) is 2. The molecule has 1 N–H and O–H groups in total. The maximum atomic E-state index is 12.7. The van der Waals surface area contributed by atoms with Gasteiger partial charge in [0, 0.05) is 17.0 Å². The van der Waals surface area contributed by atoms with Gasteiger partial charge in [0.05, 0.1) is 17.3 Å². The Kier molecular flexibility index (Phi) is 6.50. The van der Waals surface area contributed by atoms with E-state index in [0.29, 0.717) is 24.5 Å². The summed E-state index contributed by atoms with van der Waals surface area (Å²) in [7, 11) is 0. The first-order chi connectivity index (χ1) is 14.6. The number of rotatable bonds is 8. The van der Waals surface area contributed by atoms with Crippen molar-refractivity contribution in [3.05, 3.63) is 69.2 Å². The minimum Gasteiger partial charge on any atom is -0.489 e. The summed E-state index contributed by atoms with van der Waals surface area (Å²) in [6, 6.07) is 11.7. The molecule has 1 aromatic carbocycles. The normalized spacial score (nSPS) is 15.3. The van der Waals surface area contributed by atoms with Crippen molar-refractivity contribution in [2.24, 2.45) is 0 Å². The minimum absolute atomic E-state index is 0.0620. The largest absolute Gasteiger partial charge is 0.489 e. The molecule has 1 aliphatic rings. The Morgan fingerprint density at radius 3 is 2.63 bits per heavy atom. The smallest absolute Gasteiger partial charge is 0.251 e. The maximum Gasteiger partial charge on any atom is 0.251 e. The maximum absolute atomic E-state index is 12.7. The van der Waals surface area contributed by atoms with Crippen molar-refractivity contribution in [3.8, 4) is 5.75 Å². The first-order valence-electron chi connectivity index (χ1n) is 10.3. The Hall–Kier alpha value is -2.64. The molecule has 6 nitrogen and oxygen atoms in total. The number of carbonyl (C=O) groups is 1. The van der Waals surface area contributed by atoms with Crippen LogP contribution in [0.3, 0.4) is 0 Å². The molecule has 4 rings (SSSR count). The van der Waals surface area contributed by atoms with Gasteiger partial charge in [-0.3, -0.25) is 9.69 Å². The number of aromatic nitrogens is 1. The zero-order valence-electron chi connectivity index (χ0n) is 17.4. The number of aryl methyl sites for hydroxylation is 2. The fourth-order valence-electron chi connectivity index (χ4n) is 3.80. The summed E-state index contributed by atoms with van der Waals surface area (Å²) >= 11 is 1.75. The summed E-state index contributed by atoms with van der Waals surface area (Å²) in [6.07, 6.45) is 2.45. The molecule has 3 heterocycles. The molecule has 1 saturated heterocycles. The number of nitrogens with one attached hydrogen (secondary N) is 1. The van der Waals surface area contributed by atoms with Crippen molar-refractivity contribution < 1.29 is 14.1 Å². The summed E-state index contributed by atoms with van der Waals surface area (Å²) in [5.41, 5.74) is 2.42. The molecule has 158 valence electrons. The fourth-order valence-corrected chi connectivity index (χ4v) is 4.66. The van der Waals surface area contributed by atoms with E-state index >= 15 is 0 Å². The third-order valence-electron chi connectivity index (χ3n) is 5.59. The molecule has 3 aromatic rings. The van der Waals surface area contributed by atoms with Crippen molar-refractivity contribution >= 4 is 17.2 Å². The van der Waals surface area contributed by atoms with Crippen LogP contribution in [0, 0.1) is 13.8 Å². The van der Waals surface area contributed by atoms with Crippen LogP contribution in [0.4, 0.5) is 0 Å². The molecule has 30 heavy (non-hydrogen) atoms. The molecule has 7 heteroatoms. The highest BCUT2D eigenvalue weighted by molar-refractivity contribution is 7.10. The van der Waals surface area contributed by atoms with Crippen molar-refractivity contribution in [1.82, 2.24) is 15.4 Å². The van der Waals surface area contributed by atoms with Crippen LogP contribution in [0.25, 0.3) is 0 Å². The van der Waals surface area contributed by atoms with Gasteiger partial charge in [-0.25, -0.2) is 0 Å². The lowest BCUT2D eigenvalue weighted by Crippen LogP contribution is -2.36. The molecular formula is C23H27N3O3S. The molecule has 0 unspecified atom stereocenters. The Morgan fingerprint density at radius 2 is 2.00 bits per heavy atom. The summed E-state index contributed by atoms with van der Waals surface area (Å²) < 4.78 is 11.0. The molecular weight excluding hydrogens is 398 g/mol. The summed E-state index contributed by atoms with van der Waals surface area (Å²) in [5, 5.41) is 9.15. The third-order valence-corrected chi connectivity index (χ3v) is 6.56. The predicted octanol–water partition coefficient (Wildman–Crippen LogP) is 4.50. The van der Waals surface area contributed by atoms with Gasteiger partial charge in [-0.15, -0.1) is 11.3 Å². The second-order valence-electron chi connectivity index (χ2n) is 7.60.